The van der Waals surface area contributed by atoms with Gasteiger partial charge >= 0.3 is 24.0 Å². The van der Waals surface area contributed by atoms with Gasteiger partial charge in [0.05, 0.1) is 6.42 Å². The van der Waals surface area contributed by atoms with Crippen molar-refractivity contribution in [2.75, 3.05) is 12.4 Å². The largest absolute Gasteiger partial charge is 0.481 e. The summed E-state index contributed by atoms with van der Waals surface area (Å²) in [5, 5.41) is 28.9. The van der Waals surface area contributed by atoms with E-state index in [4.69, 9.17) is 0 Å². The Hall–Kier alpha value is -5.47. The molecule has 1 saturated heterocycles. The van der Waals surface area contributed by atoms with Gasteiger partial charge in [0.25, 0.3) is 5.91 Å². The topological polar surface area (TPSA) is 215 Å². The van der Waals surface area contributed by atoms with Crippen LogP contribution in [-0.2, 0) is 30.5 Å². The first-order chi connectivity index (χ1) is 22.1. The fraction of sp³-hybridized carbons (Fsp3) is 0.406. The molecule has 0 aliphatic carbocycles. The van der Waals surface area contributed by atoms with Gasteiger partial charge in [-0.3, -0.25) is 19.2 Å². The second-order valence-electron chi connectivity index (χ2n) is 12.0. The minimum Gasteiger partial charge on any atom is -0.481 e. The number of hydrogen-bond acceptors (Lipinski definition) is 7. The lowest BCUT2D eigenvalue weighted by Gasteiger charge is -2.29. The molecule has 2 aromatic carbocycles. The highest BCUT2D eigenvalue weighted by Gasteiger charge is 2.54. The Morgan fingerprint density at radius 3 is 2.02 bits per heavy atom. The van der Waals surface area contributed by atoms with Crippen molar-refractivity contribution in [2.45, 2.75) is 70.7 Å². The highest BCUT2D eigenvalue weighted by molar-refractivity contribution is 6.09. The van der Waals surface area contributed by atoms with E-state index in [0.29, 0.717) is 11.3 Å². The van der Waals surface area contributed by atoms with Crippen molar-refractivity contribution >= 4 is 47.4 Å². The van der Waals surface area contributed by atoms with Crippen LogP contribution < -0.4 is 21.3 Å². The number of hydrogen-bond donors (Lipinski definition) is 6. The van der Waals surface area contributed by atoms with Gasteiger partial charge in [-0.05, 0) is 49.4 Å². The van der Waals surface area contributed by atoms with Crippen molar-refractivity contribution in [1.82, 2.24) is 25.8 Å². The summed E-state index contributed by atoms with van der Waals surface area (Å²) in [5.41, 5.74) is -0.0179. The van der Waals surface area contributed by atoms with Gasteiger partial charge in [0.1, 0.15) is 17.6 Å². The number of imide groups is 1. The molecule has 15 heteroatoms. The Labute approximate surface area is 271 Å². The third kappa shape index (κ3) is 8.83. The number of carbonyl (C=O) groups is 7. The maximum atomic E-state index is 13.8. The molecule has 0 saturated carbocycles. The molecule has 3 unspecified atom stereocenters. The SMILES string of the molecule is CNC(=O)Nc1ccc(CN2C(=O)N(C(CC(C)C)C(=O)NC(CC(=O)O)C(=O)NC(C(=O)O)c3ccccc3)C(=O)C2(C)C)cc1. The molecule has 2 aromatic rings. The van der Waals surface area contributed by atoms with Gasteiger partial charge in [-0.25, -0.2) is 19.3 Å². The van der Waals surface area contributed by atoms with Gasteiger partial charge in [-0.2, -0.15) is 0 Å². The molecule has 6 N–H and O–H groups in total. The smallest absolute Gasteiger partial charge is 0.330 e. The summed E-state index contributed by atoms with van der Waals surface area (Å²) in [4.78, 5) is 91.9. The van der Waals surface area contributed by atoms with E-state index in [9.17, 15) is 43.8 Å². The maximum absolute atomic E-state index is 13.8. The lowest BCUT2D eigenvalue weighted by molar-refractivity contribution is -0.144. The summed E-state index contributed by atoms with van der Waals surface area (Å²) in [6.45, 7) is 6.60. The molecule has 1 aliphatic heterocycles. The molecule has 47 heavy (non-hydrogen) atoms. The van der Waals surface area contributed by atoms with Crippen LogP contribution in [0.2, 0.25) is 0 Å². The number of benzene rings is 2. The molecule has 1 aliphatic rings. The van der Waals surface area contributed by atoms with Crippen LogP contribution in [0.25, 0.3) is 0 Å². The standard InChI is InChI=1S/C32H40N6O9/c1-18(2)15-23(27(42)35-22(16-24(39)40)26(41)36-25(28(43)44)20-9-7-6-8-10-20)38-29(45)32(3,4)37(31(38)47)17-19-11-13-21(14-12-19)34-30(46)33-5/h6-14,18,22-23,25H,15-17H2,1-5H3,(H,35,42)(H,36,41)(H,39,40)(H,43,44)(H2,33,34,46). The number of carbonyl (C=O) groups excluding carboxylic acids is 5. The molecule has 0 bridgehead atoms. The quantitative estimate of drug-likeness (QED) is 0.165. The summed E-state index contributed by atoms with van der Waals surface area (Å²) < 4.78 is 0. The molecule has 3 atom stereocenters. The number of urea groups is 2. The number of nitrogens with one attached hydrogen (secondary N) is 4. The molecular weight excluding hydrogens is 612 g/mol. The first kappa shape index (κ1) is 36.0. The Kier molecular flexibility index (Phi) is 11.7. The first-order valence-electron chi connectivity index (χ1n) is 14.9. The van der Waals surface area contributed by atoms with E-state index >= 15 is 0 Å². The van der Waals surface area contributed by atoms with Crippen LogP contribution in [0.1, 0.15) is 57.7 Å². The van der Waals surface area contributed by atoms with Gasteiger partial charge in [-0.1, -0.05) is 56.3 Å². The molecule has 1 heterocycles. The van der Waals surface area contributed by atoms with Crippen LogP contribution in [0.3, 0.4) is 0 Å². The zero-order valence-electron chi connectivity index (χ0n) is 26.8. The molecule has 15 nitrogen and oxygen atoms in total. The van der Waals surface area contributed by atoms with E-state index in [1.54, 1.807) is 56.3 Å². The predicted octanol–water partition coefficient (Wildman–Crippen LogP) is 2.30. The van der Waals surface area contributed by atoms with Crippen molar-refractivity contribution in [3.63, 3.8) is 0 Å². The summed E-state index contributed by atoms with van der Waals surface area (Å²) >= 11 is 0. The molecule has 252 valence electrons. The van der Waals surface area contributed by atoms with Crippen molar-refractivity contribution in [1.29, 1.82) is 0 Å². The highest BCUT2D eigenvalue weighted by atomic mass is 16.4. The van der Waals surface area contributed by atoms with Crippen LogP contribution in [0.5, 0.6) is 0 Å². The first-order valence-corrected chi connectivity index (χ1v) is 14.9. The fourth-order valence-electron chi connectivity index (χ4n) is 5.08. The number of amides is 7. The van der Waals surface area contributed by atoms with Gasteiger partial charge in [-0.15, -0.1) is 0 Å². The molecular formula is C32H40N6O9. The van der Waals surface area contributed by atoms with Gasteiger partial charge in [0.2, 0.25) is 11.8 Å². The van der Waals surface area contributed by atoms with Crippen LogP contribution in [0.15, 0.2) is 54.6 Å². The number of rotatable bonds is 14. The van der Waals surface area contributed by atoms with Crippen molar-refractivity contribution in [3.8, 4) is 0 Å². The highest BCUT2D eigenvalue weighted by Crippen LogP contribution is 2.33. The number of nitrogens with zero attached hydrogens (tertiary/aromatic N) is 2. The third-order valence-electron chi connectivity index (χ3n) is 7.62. The summed E-state index contributed by atoms with van der Waals surface area (Å²) in [5.74, 6) is -5.77. The molecule has 3 rings (SSSR count). The summed E-state index contributed by atoms with van der Waals surface area (Å²) in [7, 11) is 1.47. The minimum absolute atomic E-state index is 0.00370. The zero-order valence-corrected chi connectivity index (χ0v) is 26.8. The minimum atomic E-state index is -1.72. The molecule has 0 spiro atoms. The lowest BCUT2D eigenvalue weighted by Crippen LogP contribution is -2.56. The Bertz CT molecular complexity index is 1510. The number of aliphatic carboxylic acids is 2. The lowest BCUT2D eigenvalue weighted by atomic mass is 9.98. The zero-order chi connectivity index (χ0) is 35.1. The van der Waals surface area contributed by atoms with Crippen LogP contribution in [-0.4, -0.2) is 86.4 Å². The average molecular weight is 653 g/mol. The van der Waals surface area contributed by atoms with E-state index in [2.05, 4.69) is 21.3 Å². The average Bonchev–Trinajstić information content (AvgIpc) is 3.17. The van der Waals surface area contributed by atoms with Crippen molar-refractivity contribution in [3.05, 3.63) is 65.7 Å². The van der Waals surface area contributed by atoms with Crippen LogP contribution in [0, 0.1) is 5.92 Å². The second-order valence-corrected chi connectivity index (χ2v) is 12.0. The molecule has 7 amide bonds. The third-order valence-corrected chi connectivity index (χ3v) is 7.62. The fourth-order valence-corrected chi connectivity index (χ4v) is 5.08. The monoisotopic (exact) mass is 652 g/mol. The maximum Gasteiger partial charge on any atom is 0.330 e. The van der Waals surface area contributed by atoms with Gasteiger partial charge in [0, 0.05) is 19.3 Å². The predicted molar refractivity (Wildman–Crippen MR) is 169 cm³/mol. The number of carboxylic acid groups (broad SMARTS) is 2. The second kappa shape index (κ2) is 15.2. The Balaban J connectivity index is 1.86. The van der Waals surface area contributed by atoms with E-state index in [-0.39, 0.29) is 24.4 Å². The van der Waals surface area contributed by atoms with E-state index in [1.165, 1.54) is 37.9 Å². The summed E-state index contributed by atoms with van der Waals surface area (Å²) in [6, 6.07) is 8.50. The molecule has 0 radical (unpaired) electrons. The molecule has 0 aromatic heterocycles. The Morgan fingerprint density at radius 1 is 0.872 bits per heavy atom. The van der Waals surface area contributed by atoms with Gasteiger partial charge < -0.3 is 36.4 Å². The van der Waals surface area contributed by atoms with Gasteiger partial charge in [0.15, 0.2) is 6.04 Å². The molecule has 1 fully saturated rings. The number of carboxylic acids is 2. The van der Waals surface area contributed by atoms with E-state index in [0.717, 1.165) is 4.90 Å². The van der Waals surface area contributed by atoms with E-state index < -0.39 is 71.8 Å². The van der Waals surface area contributed by atoms with Crippen molar-refractivity contribution < 1.29 is 43.8 Å². The van der Waals surface area contributed by atoms with E-state index in [1.807, 2.05) is 0 Å². The number of anilines is 1. The van der Waals surface area contributed by atoms with Crippen LogP contribution in [0.4, 0.5) is 15.3 Å². The van der Waals surface area contributed by atoms with Crippen molar-refractivity contribution in [2.24, 2.45) is 5.92 Å². The Morgan fingerprint density at radius 2 is 1.49 bits per heavy atom. The normalized spacial score (nSPS) is 15.9. The van der Waals surface area contributed by atoms with Crippen LogP contribution >= 0.6 is 0 Å². The summed E-state index contributed by atoms with van der Waals surface area (Å²) in [6.07, 6.45) is -0.895.